The summed E-state index contributed by atoms with van der Waals surface area (Å²) in [6.45, 7) is 9.34. The molecule has 1 rings (SSSR count). The molecule has 1 atom stereocenters. The van der Waals surface area contributed by atoms with Gasteiger partial charge < -0.3 is 10.6 Å². The van der Waals surface area contributed by atoms with E-state index in [2.05, 4.69) is 43.3 Å². The van der Waals surface area contributed by atoms with E-state index in [1.54, 1.807) is 6.07 Å². The summed E-state index contributed by atoms with van der Waals surface area (Å²) in [5.74, 6) is 1.18. The second-order valence-corrected chi connectivity index (χ2v) is 5.17. The van der Waals surface area contributed by atoms with E-state index in [9.17, 15) is 4.79 Å². The topological polar surface area (TPSA) is 54.0 Å². The van der Waals surface area contributed by atoms with Gasteiger partial charge in [0.05, 0.1) is 0 Å². The van der Waals surface area contributed by atoms with Crippen LogP contribution in [0, 0.1) is 5.92 Å². The summed E-state index contributed by atoms with van der Waals surface area (Å²) in [7, 11) is 0. The average Bonchev–Trinajstić information content (AvgIpc) is 2.46. The third-order valence-corrected chi connectivity index (χ3v) is 3.65. The Morgan fingerprint density at radius 1 is 1.25 bits per heavy atom. The summed E-state index contributed by atoms with van der Waals surface area (Å²) < 4.78 is 0. The fourth-order valence-corrected chi connectivity index (χ4v) is 2.31. The number of amides is 1. The number of aromatic nitrogens is 1. The maximum Gasteiger partial charge on any atom is 0.270 e. The van der Waals surface area contributed by atoms with Gasteiger partial charge in [0, 0.05) is 12.6 Å². The lowest BCUT2D eigenvalue weighted by molar-refractivity contribution is 0.0920. The van der Waals surface area contributed by atoms with E-state index < -0.39 is 0 Å². The first-order valence-corrected chi connectivity index (χ1v) is 7.64. The van der Waals surface area contributed by atoms with Crippen molar-refractivity contribution in [3.05, 3.63) is 23.9 Å². The zero-order chi connectivity index (χ0) is 15.0. The third-order valence-electron chi connectivity index (χ3n) is 3.65. The Bertz CT molecular complexity index is 416. The van der Waals surface area contributed by atoms with Crippen LogP contribution in [-0.2, 0) is 0 Å². The first-order chi connectivity index (χ1) is 9.62. The van der Waals surface area contributed by atoms with E-state index in [1.165, 1.54) is 0 Å². The Labute approximate surface area is 122 Å². The van der Waals surface area contributed by atoms with Crippen LogP contribution < -0.4 is 10.6 Å². The molecule has 1 aromatic rings. The first-order valence-electron chi connectivity index (χ1n) is 7.64. The fourth-order valence-electron chi connectivity index (χ4n) is 2.31. The minimum atomic E-state index is -0.0930. The largest absolute Gasteiger partial charge is 0.370 e. The van der Waals surface area contributed by atoms with Crippen LogP contribution in [0.2, 0.25) is 0 Å². The Morgan fingerprint density at radius 2 is 1.95 bits per heavy atom. The van der Waals surface area contributed by atoms with Gasteiger partial charge >= 0.3 is 0 Å². The van der Waals surface area contributed by atoms with Crippen molar-refractivity contribution in [2.24, 2.45) is 5.92 Å². The van der Waals surface area contributed by atoms with Crippen LogP contribution in [0.25, 0.3) is 0 Å². The molecular weight excluding hydrogens is 250 g/mol. The van der Waals surface area contributed by atoms with E-state index in [1.807, 2.05) is 12.1 Å². The Kier molecular flexibility index (Phi) is 7.05. The molecule has 0 saturated carbocycles. The Balaban J connectivity index is 2.67. The SMILES string of the molecule is CCCNc1cccc(C(=O)NC(C)C(CC)CC)n1. The summed E-state index contributed by atoms with van der Waals surface area (Å²) in [6, 6.07) is 5.68. The molecular formula is C16H27N3O. The van der Waals surface area contributed by atoms with Gasteiger partial charge in [-0.1, -0.05) is 39.7 Å². The average molecular weight is 277 g/mol. The van der Waals surface area contributed by atoms with Crippen molar-refractivity contribution in [1.82, 2.24) is 10.3 Å². The number of hydrogen-bond acceptors (Lipinski definition) is 3. The zero-order valence-electron chi connectivity index (χ0n) is 13.1. The molecule has 0 aliphatic carbocycles. The van der Waals surface area contributed by atoms with Crippen LogP contribution in [0.15, 0.2) is 18.2 Å². The third kappa shape index (κ3) is 4.83. The molecule has 20 heavy (non-hydrogen) atoms. The molecule has 1 amide bonds. The number of rotatable bonds is 8. The highest BCUT2D eigenvalue weighted by Gasteiger charge is 2.17. The van der Waals surface area contributed by atoms with Crippen molar-refractivity contribution in [2.45, 2.75) is 53.0 Å². The van der Waals surface area contributed by atoms with Crippen molar-refractivity contribution in [1.29, 1.82) is 0 Å². The standard InChI is InChI=1S/C16H27N3O/c1-5-11-17-15-10-8-9-14(19-15)16(20)18-12(4)13(6-2)7-3/h8-10,12-13H,5-7,11H2,1-4H3,(H,17,19)(H,18,20). The molecule has 0 bridgehead atoms. The highest BCUT2D eigenvalue weighted by atomic mass is 16.1. The highest BCUT2D eigenvalue weighted by Crippen LogP contribution is 2.13. The summed E-state index contributed by atoms with van der Waals surface area (Å²) in [5, 5.41) is 6.25. The molecule has 0 fully saturated rings. The molecule has 1 aromatic heterocycles. The van der Waals surface area contributed by atoms with Crippen molar-refractivity contribution in [3.63, 3.8) is 0 Å². The van der Waals surface area contributed by atoms with E-state index in [0.29, 0.717) is 11.6 Å². The molecule has 0 aliphatic rings. The molecule has 0 spiro atoms. The first kappa shape index (κ1) is 16.5. The van der Waals surface area contributed by atoms with Crippen molar-refractivity contribution in [3.8, 4) is 0 Å². The van der Waals surface area contributed by atoms with Crippen LogP contribution in [0.3, 0.4) is 0 Å². The number of hydrogen-bond donors (Lipinski definition) is 2. The van der Waals surface area contributed by atoms with Crippen LogP contribution >= 0.6 is 0 Å². The van der Waals surface area contributed by atoms with E-state index >= 15 is 0 Å². The number of carbonyl (C=O) groups excluding carboxylic acids is 1. The van der Waals surface area contributed by atoms with Crippen LogP contribution in [0.1, 0.15) is 57.4 Å². The summed E-state index contributed by atoms with van der Waals surface area (Å²) in [5.41, 5.74) is 0.476. The lowest BCUT2D eigenvalue weighted by atomic mass is 9.95. The van der Waals surface area contributed by atoms with Gasteiger partial charge in [-0.2, -0.15) is 0 Å². The Hall–Kier alpha value is -1.58. The van der Waals surface area contributed by atoms with Gasteiger partial charge in [-0.25, -0.2) is 4.98 Å². The molecule has 0 aromatic carbocycles. The molecule has 1 unspecified atom stereocenters. The summed E-state index contributed by atoms with van der Waals surface area (Å²) in [4.78, 5) is 16.6. The quantitative estimate of drug-likeness (QED) is 0.765. The molecule has 0 aliphatic heterocycles. The molecule has 4 nitrogen and oxygen atoms in total. The molecule has 112 valence electrons. The van der Waals surface area contributed by atoms with Gasteiger partial charge in [-0.15, -0.1) is 0 Å². The minimum Gasteiger partial charge on any atom is -0.370 e. The molecule has 2 N–H and O–H groups in total. The molecule has 0 saturated heterocycles. The summed E-state index contributed by atoms with van der Waals surface area (Å²) in [6.07, 6.45) is 3.18. The smallest absolute Gasteiger partial charge is 0.270 e. The zero-order valence-corrected chi connectivity index (χ0v) is 13.1. The van der Waals surface area contributed by atoms with Crippen molar-refractivity contribution < 1.29 is 4.79 Å². The van der Waals surface area contributed by atoms with Gasteiger partial charge in [-0.05, 0) is 31.4 Å². The number of nitrogens with zero attached hydrogens (tertiary/aromatic N) is 1. The molecule has 4 heteroatoms. The van der Waals surface area contributed by atoms with Crippen LogP contribution in [0.5, 0.6) is 0 Å². The maximum absolute atomic E-state index is 12.2. The monoisotopic (exact) mass is 277 g/mol. The van der Waals surface area contributed by atoms with Gasteiger partial charge in [0.2, 0.25) is 0 Å². The molecule has 0 radical (unpaired) electrons. The number of pyridine rings is 1. The lowest BCUT2D eigenvalue weighted by Crippen LogP contribution is -2.38. The van der Waals surface area contributed by atoms with Crippen molar-refractivity contribution in [2.75, 3.05) is 11.9 Å². The predicted octanol–water partition coefficient (Wildman–Crippen LogP) is 3.46. The second kappa shape index (κ2) is 8.56. The van der Waals surface area contributed by atoms with E-state index in [0.717, 1.165) is 31.6 Å². The van der Waals surface area contributed by atoms with Crippen molar-refractivity contribution >= 4 is 11.7 Å². The van der Waals surface area contributed by atoms with Gasteiger partial charge in [0.25, 0.3) is 5.91 Å². The Morgan fingerprint density at radius 3 is 2.55 bits per heavy atom. The number of anilines is 1. The fraction of sp³-hybridized carbons (Fsp3) is 0.625. The number of carbonyl (C=O) groups is 1. The highest BCUT2D eigenvalue weighted by molar-refractivity contribution is 5.92. The van der Waals surface area contributed by atoms with E-state index in [4.69, 9.17) is 0 Å². The minimum absolute atomic E-state index is 0.0930. The normalized spacial score (nSPS) is 12.2. The van der Waals surface area contributed by atoms with Gasteiger partial charge in [-0.3, -0.25) is 4.79 Å². The van der Waals surface area contributed by atoms with Crippen LogP contribution in [-0.4, -0.2) is 23.5 Å². The predicted molar refractivity (Wildman–Crippen MR) is 84.0 cm³/mol. The van der Waals surface area contributed by atoms with Crippen LogP contribution in [0.4, 0.5) is 5.82 Å². The lowest BCUT2D eigenvalue weighted by Gasteiger charge is -2.22. The van der Waals surface area contributed by atoms with Gasteiger partial charge in [0.1, 0.15) is 11.5 Å². The van der Waals surface area contributed by atoms with Gasteiger partial charge in [0.15, 0.2) is 0 Å². The molecule has 1 heterocycles. The second-order valence-electron chi connectivity index (χ2n) is 5.17. The number of nitrogens with one attached hydrogen (secondary N) is 2. The maximum atomic E-state index is 12.2. The van der Waals surface area contributed by atoms with E-state index in [-0.39, 0.29) is 11.9 Å². The summed E-state index contributed by atoms with van der Waals surface area (Å²) >= 11 is 0.